The summed E-state index contributed by atoms with van der Waals surface area (Å²) in [5.74, 6) is 2.02. The molecule has 5 heteroatoms. The molecule has 3 nitrogen and oxygen atoms in total. The number of rotatable bonds is 4. The van der Waals surface area contributed by atoms with Crippen molar-refractivity contribution in [2.75, 3.05) is 5.43 Å². The average Bonchev–Trinajstić information content (AvgIpc) is 3.23. The molecule has 1 aromatic heterocycles. The summed E-state index contributed by atoms with van der Waals surface area (Å²) in [6, 6.07) is 7.78. The lowest BCUT2D eigenvalue weighted by molar-refractivity contribution is 0.201. The summed E-state index contributed by atoms with van der Waals surface area (Å²) in [5.41, 5.74) is 10.5. The maximum atomic E-state index is 5.94. The minimum Gasteiger partial charge on any atom is -0.303 e. The fourth-order valence-corrected chi connectivity index (χ4v) is 4.80. The van der Waals surface area contributed by atoms with Crippen molar-refractivity contribution in [1.82, 2.24) is 10.4 Å². The van der Waals surface area contributed by atoms with Gasteiger partial charge in [0.1, 0.15) is 0 Å². The number of hydrazine groups is 1. The van der Waals surface area contributed by atoms with Gasteiger partial charge in [0.2, 0.25) is 5.13 Å². The van der Waals surface area contributed by atoms with Gasteiger partial charge in [-0.05, 0) is 35.8 Å². The number of nitrogens with one attached hydrogen (secondary N) is 2. The van der Waals surface area contributed by atoms with Crippen molar-refractivity contribution in [2.45, 2.75) is 27.2 Å². The summed E-state index contributed by atoms with van der Waals surface area (Å²) >= 11 is 7.55. The Hall–Kier alpha value is -1.52. The van der Waals surface area contributed by atoms with Crippen molar-refractivity contribution < 1.29 is 0 Å². The maximum Gasteiger partial charge on any atom is 0.202 e. The smallest absolute Gasteiger partial charge is 0.202 e. The molecule has 1 saturated carbocycles. The third-order valence-electron chi connectivity index (χ3n) is 5.98. The molecule has 1 aromatic carbocycles. The normalized spacial score (nSPS) is 27.2. The summed E-state index contributed by atoms with van der Waals surface area (Å²) in [4.78, 5) is 4.66. The molecule has 2 aromatic rings. The summed E-state index contributed by atoms with van der Waals surface area (Å²) < 4.78 is 0. The Bertz CT molecular complexity index is 778. The molecule has 2 aliphatic carbocycles. The van der Waals surface area contributed by atoms with E-state index in [0.717, 1.165) is 21.4 Å². The second-order valence-electron chi connectivity index (χ2n) is 7.48. The molecule has 0 saturated heterocycles. The zero-order chi connectivity index (χ0) is 16.9. The van der Waals surface area contributed by atoms with Gasteiger partial charge in [-0.25, -0.2) is 4.98 Å². The molecule has 24 heavy (non-hydrogen) atoms. The molecular weight excluding hydrogens is 338 g/mol. The zero-order valence-electron chi connectivity index (χ0n) is 14.1. The van der Waals surface area contributed by atoms with Crippen LogP contribution in [-0.2, 0) is 0 Å². The van der Waals surface area contributed by atoms with Crippen LogP contribution >= 0.6 is 22.9 Å². The van der Waals surface area contributed by atoms with Crippen LogP contribution in [0.3, 0.4) is 0 Å². The van der Waals surface area contributed by atoms with E-state index in [-0.39, 0.29) is 0 Å². The predicted octanol–water partition coefficient (Wildman–Crippen LogP) is 5.58. The van der Waals surface area contributed by atoms with E-state index in [2.05, 4.69) is 48.1 Å². The van der Waals surface area contributed by atoms with Gasteiger partial charge in [0.25, 0.3) is 0 Å². The van der Waals surface area contributed by atoms with Crippen molar-refractivity contribution in [1.29, 1.82) is 0 Å². The standard InChI is InChI=1S/C19H22ClN3S/c1-11-15-8-13(19(11,2)3)9-16(15)22-23-18-21-17(10-24-18)12-4-6-14(20)7-5-12/h4-7,9-11,13,15,22H,8H2,1-3H3,(H,21,23)/t11-,13+,15-/m0/s1. The molecule has 4 rings (SSSR count). The van der Waals surface area contributed by atoms with E-state index in [1.807, 2.05) is 24.3 Å². The average molecular weight is 360 g/mol. The Balaban J connectivity index is 1.43. The molecule has 1 heterocycles. The first-order valence-electron chi connectivity index (χ1n) is 8.40. The SMILES string of the molecule is C[C@H]1[C@@H]2C[C@H](C=C2NNc2nc(-c3ccc(Cl)cc3)cs2)C1(C)C. The number of allylic oxidation sites excluding steroid dienone is 2. The third kappa shape index (κ3) is 2.62. The Morgan fingerprint density at radius 2 is 1.96 bits per heavy atom. The van der Waals surface area contributed by atoms with Gasteiger partial charge in [0, 0.05) is 27.6 Å². The van der Waals surface area contributed by atoms with E-state index in [1.54, 1.807) is 11.3 Å². The summed E-state index contributed by atoms with van der Waals surface area (Å²) in [6.07, 6.45) is 3.68. The molecule has 0 spiro atoms. The quantitative estimate of drug-likeness (QED) is 0.700. The zero-order valence-corrected chi connectivity index (χ0v) is 15.7. The summed E-state index contributed by atoms with van der Waals surface area (Å²) in [7, 11) is 0. The lowest BCUT2D eigenvalue weighted by Crippen LogP contribution is -2.33. The highest BCUT2D eigenvalue weighted by Gasteiger charge is 2.51. The van der Waals surface area contributed by atoms with Crippen LogP contribution in [-0.4, -0.2) is 4.98 Å². The second-order valence-corrected chi connectivity index (χ2v) is 8.77. The van der Waals surface area contributed by atoms with E-state index < -0.39 is 0 Å². The van der Waals surface area contributed by atoms with Crippen molar-refractivity contribution in [3.05, 3.63) is 46.4 Å². The topological polar surface area (TPSA) is 37.0 Å². The fourth-order valence-electron chi connectivity index (χ4n) is 4.00. The number of thiazole rings is 1. The predicted molar refractivity (Wildman–Crippen MR) is 102 cm³/mol. The lowest BCUT2D eigenvalue weighted by Gasteiger charge is -2.35. The summed E-state index contributed by atoms with van der Waals surface area (Å²) in [6.45, 7) is 7.16. The highest BCUT2D eigenvalue weighted by molar-refractivity contribution is 7.14. The van der Waals surface area contributed by atoms with Crippen LogP contribution in [0, 0.1) is 23.2 Å². The number of benzene rings is 1. The molecule has 0 aliphatic heterocycles. The second kappa shape index (κ2) is 5.78. The number of fused-ring (bicyclic) bond motifs is 2. The molecule has 1 fully saturated rings. The van der Waals surface area contributed by atoms with Gasteiger partial charge in [-0.3, -0.25) is 5.43 Å². The third-order valence-corrected chi connectivity index (χ3v) is 6.99. The Morgan fingerprint density at radius 3 is 2.62 bits per heavy atom. The van der Waals surface area contributed by atoms with Crippen LogP contribution in [0.15, 0.2) is 41.4 Å². The molecule has 0 unspecified atom stereocenters. The van der Waals surface area contributed by atoms with Crippen LogP contribution in [0.25, 0.3) is 11.3 Å². The Morgan fingerprint density at radius 1 is 1.21 bits per heavy atom. The molecule has 3 atom stereocenters. The van der Waals surface area contributed by atoms with Gasteiger partial charge < -0.3 is 5.43 Å². The van der Waals surface area contributed by atoms with E-state index in [9.17, 15) is 0 Å². The number of aromatic nitrogens is 1. The number of nitrogens with zero attached hydrogens (tertiary/aromatic N) is 1. The molecule has 2 aliphatic rings. The van der Waals surface area contributed by atoms with Crippen LogP contribution < -0.4 is 10.9 Å². The van der Waals surface area contributed by atoms with Crippen molar-refractivity contribution in [2.24, 2.45) is 23.2 Å². The van der Waals surface area contributed by atoms with E-state index in [0.29, 0.717) is 23.2 Å². The van der Waals surface area contributed by atoms with E-state index in [4.69, 9.17) is 11.6 Å². The van der Waals surface area contributed by atoms with Crippen molar-refractivity contribution in [3.63, 3.8) is 0 Å². The van der Waals surface area contributed by atoms with Gasteiger partial charge in [0.15, 0.2) is 0 Å². The monoisotopic (exact) mass is 359 g/mol. The van der Waals surface area contributed by atoms with Crippen LogP contribution in [0.2, 0.25) is 5.02 Å². The Kier molecular flexibility index (Phi) is 3.85. The van der Waals surface area contributed by atoms with Gasteiger partial charge in [-0.15, -0.1) is 11.3 Å². The van der Waals surface area contributed by atoms with Gasteiger partial charge >= 0.3 is 0 Å². The number of anilines is 1. The first-order chi connectivity index (χ1) is 11.4. The van der Waals surface area contributed by atoms with Gasteiger partial charge in [0.05, 0.1) is 5.69 Å². The highest BCUT2D eigenvalue weighted by Crippen LogP contribution is 2.57. The lowest BCUT2D eigenvalue weighted by atomic mass is 9.72. The molecule has 0 amide bonds. The van der Waals surface area contributed by atoms with Crippen molar-refractivity contribution in [3.8, 4) is 11.3 Å². The molecule has 126 valence electrons. The number of halogens is 1. The van der Waals surface area contributed by atoms with Crippen LogP contribution in [0.5, 0.6) is 0 Å². The Labute approximate surface area is 152 Å². The number of hydrogen-bond donors (Lipinski definition) is 2. The molecule has 0 radical (unpaired) electrons. The highest BCUT2D eigenvalue weighted by atomic mass is 35.5. The molecular formula is C19H22ClN3S. The fraction of sp³-hybridized carbons (Fsp3) is 0.421. The largest absolute Gasteiger partial charge is 0.303 e. The minimum atomic E-state index is 0.415. The maximum absolute atomic E-state index is 5.94. The summed E-state index contributed by atoms with van der Waals surface area (Å²) in [5, 5.41) is 3.69. The van der Waals surface area contributed by atoms with E-state index in [1.165, 1.54) is 12.1 Å². The minimum absolute atomic E-state index is 0.415. The van der Waals surface area contributed by atoms with Gasteiger partial charge in [-0.1, -0.05) is 50.6 Å². The first-order valence-corrected chi connectivity index (χ1v) is 9.66. The van der Waals surface area contributed by atoms with Crippen LogP contribution in [0.1, 0.15) is 27.2 Å². The number of hydrogen-bond acceptors (Lipinski definition) is 4. The molecule has 2 bridgehead atoms. The van der Waals surface area contributed by atoms with Crippen LogP contribution in [0.4, 0.5) is 5.13 Å². The van der Waals surface area contributed by atoms with E-state index >= 15 is 0 Å². The van der Waals surface area contributed by atoms with Gasteiger partial charge in [-0.2, -0.15) is 0 Å². The molecule has 2 N–H and O–H groups in total. The van der Waals surface area contributed by atoms with Crippen molar-refractivity contribution >= 4 is 28.1 Å². The first kappa shape index (κ1) is 16.0.